The van der Waals surface area contributed by atoms with Crippen molar-refractivity contribution in [2.45, 2.75) is 72.3 Å². The molecule has 5 heteroatoms. The van der Waals surface area contributed by atoms with E-state index in [9.17, 15) is 4.79 Å². The third-order valence-corrected chi connectivity index (χ3v) is 3.37. The highest BCUT2D eigenvalue weighted by Gasteiger charge is 2.24. The summed E-state index contributed by atoms with van der Waals surface area (Å²) >= 11 is 0. The Morgan fingerprint density at radius 3 is 2.13 bits per heavy atom. The van der Waals surface area contributed by atoms with Gasteiger partial charge in [0.15, 0.2) is 0 Å². The van der Waals surface area contributed by atoms with Crippen LogP contribution < -0.4 is 10.2 Å². The molecule has 0 fully saturated rings. The topological polar surface area (TPSA) is 58.1 Å². The normalized spacial score (nSPS) is 12.4. The van der Waals surface area contributed by atoms with Gasteiger partial charge in [-0.05, 0) is 13.8 Å². The van der Waals surface area contributed by atoms with Crippen molar-refractivity contribution < 1.29 is 4.79 Å². The van der Waals surface area contributed by atoms with Gasteiger partial charge in [-0.15, -0.1) is 0 Å². The SMILES string of the molecule is CC(C)NC(=O)CN(C)c1cc(C(C)(C)C)nc(C(C)(C)C)n1. The Bertz CT molecular complexity index is 521. The molecule has 0 aliphatic heterocycles. The van der Waals surface area contributed by atoms with Crippen molar-refractivity contribution in [3.05, 3.63) is 17.6 Å². The number of hydrogen-bond acceptors (Lipinski definition) is 4. The summed E-state index contributed by atoms with van der Waals surface area (Å²) in [6.07, 6.45) is 0. The van der Waals surface area contributed by atoms with Crippen LogP contribution in [-0.2, 0) is 15.6 Å². The van der Waals surface area contributed by atoms with Crippen LogP contribution in [0.3, 0.4) is 0 Å². The summed E-state index contributed by atoms with van der Waals surface area (Å²) in [4.78, 5) is 23.3. The molecule has 23 heavy (non-hydrogen) atoms. The molecule has 1 N–H and O–H groups in total. The van der Waals surface area contributed by atoms with Crippen LogP contribution in [0, 0.1) is 0 Å². The van der Waals surface area contributed by atoms with Gasteiger partial charge in [0.05, 0.1) is 12.2 Å². The quantitative estimate of drug-likeness (QED) is 0.926. The molecule has 0 aliphatic carbocycles. The second-order valence-electron chi connectivity index (χ2n) is 8.51. The summed E-state index contributed by atoms with van der Waals surface area (Å²) in [5, 5.41) is 2.91. The Morgan fingerprint density at radius 2 is 1.70 bits per heavy atom. The Kier molecular flexibility index (Phi) is 5.78. The van der Waals surface area contributed by atoms with Crippen molar-refractivity contribution in [1.82, 2.24) is 15.3 Å². The number of carbonyl (C=O) groups excluding carboxylic acids is 1. The zero-order chi connectivity index (χ0) is 18.0. The fraction of sp³-hybridized carbons (Fsp3) is 0.722. The number of rotatable bonds is 4. The monoisotopic (exact) mass is 320 g/mol. The Hall–Kier alpha value is -1.65. The van der Waals surface area contributed by atoms with Gasteiger partial charge in [-0.3, -0.25) is 4.79 Å². The first-order valence-electron chi connectivity index (χ1n) is 8.21. The molecule has 0 spiro atoms. The first-order chi connectivity index (χ1) is 10.3. The summed E-state index contributed by atoms with van der Waals surface area (Å²) in [7, 11) is 1.89. The molecule has 1 aromatic rings. The molecule has 5 nitrogen and oxygen atoms in total. The fourth-order valence-corrected chi connectivity index (χ4v) is 2.01. The van der Waals surface area contributed by atoms with Crippen LogP contribution in [0.1, 0.15) is 66.9 Å². The number of anilines is 1. The fourth-order valence-electron chi connectivity index (χ4n) is 2.01. The Labute approximate surface area is 140 Å². The average molecular weight is 320 g/mol. The molecule has 0 aliphatic rings. The highest BCUT2D eigenvalue weighted by molar-refractivity contribution is 5.81. The van der Waals surface area contributed by atoms with Crippen LogP contribution in [-0.4, -0.2) is 35.5 Å². The van der Waals surface area contributed by atoms with E-state index < -0.39 is 0 Å². The lowest BCUT2D eigenvalue weighted by Crippen LogP contribution is -2.39. The van der Waals surface area contributed by atoms with Gasteiger partial charge in [0.1, 0.15) is 11.6 Å². The van der Waals surface area contributed by atoms with Crippen LogP contribution in [0.15, 0.2) is 6.07 Å². The maximum Gasteiger partial charge on any atom is 0.239 e. The molecule has 0 saturated heterocycles. The maximum absolute atomic E-state index is 12.0. The van der Waals surface area contributed by atoms with E-state index in [2.05, 4.69) is 51.8 Å². The van der Waals surface area contributed by atoms with E-state index in [1.54, 1.807) is 0 Å². The summed E-state index contributed by atoms with van der Waals surface area (Å²) < 4.78 is 0. The molecule has 0 aromatic carbocycles. The molecule has 0 saturated carbocycles. The highest BCUT2D eigenvalue weighted by Crippen LogP contribution is 2.27. The van der Waals surface area contributed by atoms with Gasteiger partial charge in [0, 0.05) is 30.0 Å². The number of carbonyl (C=O) groups is 1. The number of hydrogen-bond donors (Lipinski definition) is 1. The van der Waals surface area contributed by atoms with Crippen molar-refractivity contribution >= 4 is 11.7 Å². The molecule has 1 heterocycles. The van der Waals surface area contributed by atoms with Crippen molar-refractivity contribution in [2.75, 3.05) is 18.5 Å². The second kappa shape index (κ2) is 6.85. The van der Waals surface area contributed by atoms with E-state index in [4.69, 9.17) is 4.98 Å². The maximum atomic E-state index is 12.0. The molecule has 0 bridgehead atoms. The summed E-state index contributed by atoms with van der Waals surface area (Å²) in [6.45, 7) is 16.9. The third kappa shape index (κ3) is 5.81. The molecule has 0 atom stereocenters. The molecule has 1 rings (SSSR count). The van der Waals surface area contributed by atoms with Crippen molar-refractivity contribution in [3.8, 4) is 0 Å². The predicted octanol–water partition coefficient (Wildman–Crippen LogP) is 3.03. The minimum absolute atomic E-state index is 0.00395. The smallest absolute Gasteiger partial charge is 0.239 e. The van der Waals surface area contributed by atoms with Crippen molar-refractivity contribution in [1.29, 1.82) is 0 Å². The van der Waals surface area contributed by atoms with Gasteiger partial charge in [-0.25, -0.2) is 9.97 Å². The van der Waals surface area contributed by atoms with Gasteiger partial charge in [0.2, 0.25) is 5.91 Å². The first-order valence-corrected chi connectivity index (χ1v) is 8.21. The van der Waals surface area contributed by atoms with Crippen LogP contribution in [0.2, 0.25) is 0 Å². The third-order valence-electron chi connectivity index (χ3n) is 3.37. The minimum Gasteiger partial charge on any atom is -0.352 e. The summed E-state index contributed by atoms with van der Waals surface area (Å²) in [5.41, 5.74) is 0.777. The lowest BCUT2D eigenvalue weighted by atomic mass is 9.90. The lowest BCUT2D eigenvalue weighted by Gasteiger charge is -2.26. The number of aromatic nitrogens is 2. The predicted molar refractivity (Wildman–Crippen MR) is 96.0 cm³/mol. The van der Waals surface area contributed by atoms with E-state index in [-0.39, 0.29) is 29.3 Å². The lowest BCUT2D eigenvalue weighted by molar-refractivity contribution is -0.120. The number of nitrogens with one attached hydrogen (secondary N) is 1. The van der Waals surface area contributed by atoms with E-state index in [0.29, 0.717) is 0 Å². The van der Waals surface area contributed by atoms with E-state index in [1.165, 1.54) is 0 Å². The molecule has 1 amide bonds. The molecule has 1 aromatic heterocycles. The van der Waals surface area contributed by atoms with E-state index >= 15 is 0 Å². The highest BCUT2D eigenvalue weighted by atomic mass is 16.2. The zero-order valence-corrected chi connectivity index (χ0v) is 16.1. The Morgan fingerprint density at radius 1 is 1.13 bits per heavy atom. The zero-order valence-electron chi connectivity index (χ0n) is 16.1. The standard InChI is InChI=1S/C18H32N4O/c1-12(2)19-15(23)11-22(9)14-10-13(17(3,4)5)20-16(21-14)18(6,7)8/h10,12H,11H2,1-9H3,(H,19,23). The molecule has 0 unspecified atom stereocenters. The summed E-state index contributed by atoms with van der Waals surface area (Å²) in [6, 6.07) is 2.12. The van der Waals surface area contributed by atoms with E-state index in [1.807, 2.05) is 31.9 Å². The van der Waals surface area contributed by atoms with Gasteiger partial charge in [0.25, 0.3) is 0 Å². The molecule has 0 radical (unpaired) electrons. The molecule has 130 valence electrons. The molecular weight excluding hydrogens is 288 g/mol. The average Bonchev–Trinajstić information content (AvgIpc) is 2.34. The van der Waals surface area contributed by atoms with Gasteiger partial charge < -0.3 is 10.2 Å². The summed E-state index contributed by atoms with van der Waals surface area (Å²) in [5.74, 6) is 1.58. The second-order valence-corrected chi connectivity index (χ2v) is 8.51. The van der Waals surface area contributed by atoms with Gasteiger partial charge in [-0.1, -0.05) is 41.5 Å². The van der Waals surface area contributed by atoms with E-state index in [0.717, 1.165) is 17.3 Å². The van der Waals surface area contributed by atoms with Crippen molar-refractivity contribution in [2.24, 2.45) is 0 Å². The van der Waals surface area contributed by atoms with Crippen LogP contribution in [0.5, 0.6) is 0 Å². The van der Waals surface area contributed by atoms with Crippen LogP contribution in [0.25, 0.3) is 0 Å². The largest absolute Gasteiger partial charge is 0.352 e. The Balaban J connectivity index is 3.17. The van der Waals surface area contributed by atoms with Gasteiger partial charge in [-0.2, -0.15) is 0 Å². The van der Waals surface area contributed by atoms with Gasteiger partial charge >= 0.3 is 0 Å². The number of nitrogens with zero attached hydrogens (tertiary/aromatic N) is 3. The first kappa shape index (κ1) is 19.4. The van der Waals surface area contributed by atoms with Crippen LogP contribution in [0.4, 0.5) is 5.82 Å². The molecular formula is C18H32N4O. The van der Waals surface area contributed by atoms with Crippen LogP contribution >= 0.6 is 0 Å². The minimum atomic E-state index is -0.142. The number of likely N-dealkylation sites (N-methyl/N-ethyl adjacent to an activating group) is 1. The number of amides is 1. The van der Waals surface area contributed by atoms with Crippen molar-refractivity contribution in [3.63, 3.8) is 0 Å².